The second-order valence-corrected chi connectivity index (χ2v) is 6.87. The van der Waals surface area contributed by atoms with E-state index in [1.165, 1.54) is 0 Å². The maximum atomic E-state index is 4.69. The standard InChI is InChI=1S/C23H18N4/c1-14(2)22-12-21-11-19-6-5-17(25-19)9-15-3-4-16(24-15)10-18-7-8-20(26-18)13-23(22)27-21/h3-13,25,27H,1H2,2H3. The third-order valence-corrected chi connectivity index (χ3v) is 4.63. The molecule has 0 atom stereocenters. The van der Waals surface area contributed by atoms with E-state index in [1.54, 1.807) is 0 Å². The van der Waals surface area contributed by atoms with Crippen molar-refractivity contribution >= 4 is 51.9 Å². The fourth-order valence-electron chi connectivity index (χ4n) is 3.37. The summed E-state index contributed by atoms with van der Waals surface area (Å²) in [5.74, 6) is 0. The summed E-state index contributed by atoms with van der Waals surface area (Å²) in [6.07, 6.45) is 8.05. The highest BCUT2D eigenvalue weighted by atomic mass is 14.8. The highest BCUT2D eigenvalue weighted by Crippen LogP contribution is 2.23. The fourth-order valence-corrected chi connectivity index (χ4v) is 3.37. The number of H-pyrrole nitrogens is 2. The van der Waals surface area contributed by atoms with Crippen LogP contribution in [0.3, 0.4) is 0 Å². The third kappa shape index (κ3) is 3.02. The van der Waals surface area contributed by atoms with Gasteiger partial charge in [-0.3, -0.25) is 0 Å². The Morgan fingerprint density at radius 2 is 1.30 bits per heavy atom. The Labute approximate surface area is 156 Å². The Morgan fingerprint density at radius 3 is 1.96 bits per heavy atom. The van der Waals surface area contributed by atoms with E-state index in [2.05, 4.69) is 51.9 Å². The van der Waals surface area contributed by atoms with Crippen LogP contribution in [0.2, 0.25) is 0 Å². The first kappa shape index (κ1) is 15.6. The zero-order valence-corrected chi connectivity index (χ0v) is 15.0. The molecule has 130 valence electrons. The van der Waals surface area contributed by atoms with Gasteiger partial charge in [-0.2, -0.15) is 0 Å². The van der Waals surface area contributed by atoms with Crippen molar-refractivity contribution in [1.29, 1.82) is 0 Å². The van der Waals surface area contributed by atoms with Crippen molar-refractivity contribution < 1.29 is 0 Å². The average molecular weight is 350 g/mol. The van der Waals surface area contributed by atoms with Gasteiger partial charge in [0.2, 0.25) is 0 Å². The van der Waals surface area contributed by atoms with Gasteiger partial charge in [0.15, 0.2) is 0 Å². The lowest BCUT2D eigenvalue weighted by Gasteiger charge is -1.93. The minimum atomic E-state index is 0.898. The molecule has 0 radical (unpaired) electrons. The number of hydrogen-bond donors (Lipinski definition) is 2. The van der Waals surface area contributed by atoms with Crippen molar-refractivity contribution in [3.05, 3.63) is 77.4 Å². The number of nitrogens with one attached hydrogen (secondary N) is 2. The molecule has 8 bridgehead atoms. The molecule has 5 rings (SSSR count). The van der Waals surface area contributed by atoms with Crippen LogP contribution in [0.25, 0.3) is 51.9 Å². The smallest absolute Gasteiger partial charge is 0.0659 e. The summed E-state index contributed by atoms with van der Waals surface area (Å²) in [5, 5.41) is 0. The molecule has 0 amide bonds. The molecular weight excluding hydrogens is 332 g/mol. The summed E-state index contributed by atoms with van der Waals surface area (Å²) >= 11 is 0. The Morgan fingerprint density at radius 1 is 0.704 bits per heavy atom. The maximum Gasteiger partial charge on any atom is 0.0659 e. The minimum Gasteiger partial charge on any atom is -0.355 e. The summed E-state index contributed by atoms with van der Waals surface area (Å²) in [6.45, 7) is 6.13. The number of aromatic nitrogens is 4. The van der Waals surface area contributed by atoms with Crippen LogP contribution in [0.15, 0.2) is 49.0 Å². The van der Waals surface area contributed by atoms with Gasteiger partial charge in [0.25, 0.3) is 0 Å². The van der Waals surface area contributed by atoms with Crippen LogP contribution < -0.4 is 0 Å². The molecule has 3 aromatic heterocycles. The second kappa shape index (κ2) is 5.95. The molecule has 5 heterocycles. The van der Waals surface area contributed by atoms with Crippen LogP contribution in [0.4, 0.5) is 0 Å². The van der Waals surface area contributed by atoms with Crippen molar-refractivity contribution in [3.63, 3.8) is 0 Å². The molecule has 0 unspecified atom stereocenters. The van der Waals surface area contributed by atoms with Crippen molar-refractivity contribution in [2.24, 2.45) is 0 Å². The Balaban J connectivity index is 1.88. The van der Waals surface area contributed by atoms with Crippen molar-refractivity contribution in [2.45, 2.75) is 6.92 Å². The molecule has 4 nitrogen and oxygen atoms in total. The van der Waals surface area contributed by atoms with Crippen molar-refractivity contribution in [3.8, 4) is 0 Å². The predicted molar refractivity (Wildman–Crippen MR) is 114 cm³/mol. The van der Waals surface area contributed by atoms with Gasteiger partial charge in [0.1, 0.15) is 0 Å². The van der Waals surface area contributed by atoms with E-state index in [0.29, 0.717) is 0 Å². The summed E-state index contributed by atoms with van der Waals surface area (Å²) in [5.41, 5.74) is 9.82. The van der Waals surface area contributed by atoms with E-state index in [-0.39, 0.29) is 0 Å². The largest absolute Gasteiger partial charge is 0.355 e. The van der Waals surface area contributed by atoms with Crippen LogP contribution in [-0.4, -0.2) is 19.9 Å². The molecule has 2 N–H and O–H groups in total. The van der Waals surface area contributed by atoms with Crippen LogP contribution >= 0.6 is 0 Å². The van der Waals surface area contributed by atoms with E-state index in [4.69, 9.17) is 4.98 Å². The first-order valence-electron chi connectivity index (χ1n) is 8.87. The van der Waals surface area contributed by atoms with Crippen LogP contribution in [0, 0.1) is 0 Å². The van der Waals surface area contributed by atoms with E-state index >= 15 is 0 Å². The molecule has 2 aliphatic rings. The molecule has 2 aliphatic heterocycles. The van der Waals surface area contributed by atoms with Gasteiger partial charge >= 0.3 is 0 Å². The second-order valence-electron chi connectivity index (χ2n) is 6.87. The van der Waals surface area contributed by atoms with Gasteiger partial charge in [-0.05, 0) is 79.3 Å². The number of rotatable bonds is 1. The van der Waals surface area contributed by atoms with E-state index < -0.39 is 0 Å². The van der Waals surface area contributed by atoms with Crippen LogP contribution in [0.5, 0.6) is 0 Å². The lowest BCUT2D eigenvalue weighted by molar-refractivity contribution is 1.28. The van der Waals surface area contributed by atoms with Gasteiger partial charge < -0.3 is 9.97 Å². The quantitative estimate of drug-likeness (QED) is 0.408. The van der Waals surface area contributed by atoms with Gasteiger partial charge in [-0.15, -0.1) is 0 Å². The van der Waals surface area contributed by atoms with E-state index in [9.17, 15) is 0 Å². The number of hydrogen-bond acceptors (Lipinski definition) is 2. The van der Waals surface area contributed by atoms with Gasteiger partial charge in [-0.1, -0.05) is 6.58 Å². The lowest BCUT2D eigenvalue weighted by atomic mass is 10.1. The zero-order valence-electron chi connectivity index (χ0n) is 15.0. The van der Waals surface area contributed by atoms with Gasteiger partial charge in [-0.25, -0.2) is 9.97 Å². The minimum absolute atomic E-state index is 0.898. The summed E-state index contributed by atoms with van der Waals surface area (Å²) in [4.78, 5) is 16.2. The first-order valence-corrected chi connectivity index (χ1v) is 8.87. The van der Waals surface area contributed by atoms with Gasteiger partial charge in [0, 0.05) is 27.6 Å². The molecule has 0 saturated carbocycles. The lowest BCUT2D eigenvalue weighted by Crippen LogP contribution is -1.78. The molecule has 0 aromatic carbocycles. The molecule has 0 saturated heterocycles. The first-order chi connectivity index (χ1) is 13.1. The number of allylic oxidation sites excluding steroid dienone is 1. The molecule has 4 heteroatoms. The Bertz CT molecular complexity index is 1300. The van der Waals surface area contributed by atoms with Crippen molar-refractivity contribution in [1.82, 2.24) is 19.9 Å². The molecule has 3 aromatic rings. The fraction of sp³-hybridized carbons (Fsp3) is 0.0435. The summed E-state index contributed by atoms with van der Waals surface area (Å²) in [6, 6.07) is 14.4. The van der Waals surface area contributed by atoms with E-state index in [1.807, 2.05) is 43.4 Å². The molecular formula is C23H18N4. The third-order valence-electron chi connectivity index (χ3n) is 4.63. The topological polar surface area (TPSA) is 57.4 Å². The van der Waals surface area contributed by atoms with E-state index in [0.717, 1.165) is 56.0 Å². The van der Waals surface area contributed by atoms with Crippen molar-refractivity contribution in [2.75, 3.05) is 0 Å². The highest BCUT2D eigenvalue weighted by molar-refractivity contribution is 5.84. The van der Waals surface area contributed by atoms with Gasteiger partial charge in [0.05, 0.1) is 22.8 Å². The normalized spacial score (nSPS) is 12.5. The number of nitrogens with zero attached hydrogens (tertiary/aromatic N) is 2. The highest BCUT2D eigenvalue weighted by Gasteiger charge is 2.05. The Hall–Kier alpha value is -3.66. The molecule has 27 heavy (non-hydrogen) atoms. The molecule has 0 fully saturated rings. The summed E-state index contributed by atoms with van der Waals surface area (Å²) in [7, 11) is 0. The maximum absolute atomic E-state index is 4.69. The van der Waals surface area contributed by atoms with Crippen LogP contribution in [-0.2, 0) is 0 Å². The Kier molecular flexibility index (Phi) is 3.44. The SMILES string of the molecule is C=C(C)c1cc2cc3ccc(cc4nc(cc5nc(cc1[nH]2)C=C5)C=C4)[nH]3. The molecule has 0 aliphatic carbocycles. The summed E-state index contributed by atoms with van der Waals surface area (Å²) < 4.78 is 0. The number of aromatic amines is 2. The number of fused-ring (bicyclic) bond motifs is 8. The van der Waals surface area contributed by atoms with Crippen LogP contribution in [0.1, 0.15) is 35.3 Å². The monoisotopic (exact) mass is 350 g/mol. The predicted octanol–water partition coefficient (Wildman–Crippen LogP) is 5.69. The zero-order chi connectivity index (χ0) is 18.4. The average Bonchev–Trinajstić information content (AvgIpc) is 3.38. The molecule has 0 spiro atoms.